The van der Waals surface area contributed by atoms with Gasteiger partial charge >= 0.3 is 5.97 Å². The van der Waals surface area contributed by atoms with Crippen LogP contribution in [-0.4, -0.2) is 51.9 Å². The van der Waals surface area contributed by atoms with Crippen molar-refractivity contribution in [2.45, 2.75) is 45.1 Å². The lowest BCUT2D eigenvalue weighted by Crippen LogP contribution is -2.39. The summed E-state index contributed by atoms with van der Waals surface area (Å²) in [5.41, 5.74) is 3.72. The van der Waals surface area contributed by atoms with E-state index in [-0.39, 0.29) is 11.5 Å². The number of sulfonamides is 1. The quantitative estimate of drug-likeness (QED) is 0.190. The number of anilines is 1. The number of benzene rings is 3. The summed E-state index contributed by atoms with van der Waals surface area (Å²) in [6, 6.07) is 19.5. The smallest absolute Gasteiger partial charge is 0.344 e. The maximum absolute atomic E-state index is 13.5. The highest BCUT2D eigenvalue weighted by molar-refractivity contribution is 7.92. The highest BCUT2D eigenvalue weighted by Gasteiger charge is 2.27. The summed E-state index contributed by atoms with van der Waals surface area (Å²) >= 11 is 0. The fourth-order valence-electron chi connectivity index (χ4n) is 3.54. The summed E-state index contributed by atoms with van der Waals surface area (Å²) in [5.74, 6) is -0.0999. The molecule has 0 aliphatic carbocycles. The average molecular weight is 582 g/mol. The molecule has 0 spiro atoms. The lowest BCUT2D eigenvalue weighted by molar-refractivity contribution is -0.157. The molecule has 0 heterocycles. The molecule has 0 unspecified atom stereocenters. The van der Waals surface area contributed by atoms with Crippen molar-refractivity contribution < 1.29 is 32.2 Å². The Bertz CT molecular complexity index is 1450. The molecule has 3 rings (SSSR count). The maximum Gasteiger partial charge on any atom is 0.344 e. The maximum atomic E-state index is 13.5. The van der Waals surface area contributed by atoms with E-state index in [2.05, 4.69) is 10.5 Å². The molecule has 0 fully saturated rings. The third-order valence-corrected chi connectivity index (χ3v) is 7.18. The van der Waals surface area contributed by atoms with Crippen molar-refractivity contribution >= 4 is 33.8 Å². The van der Waals surface area contributed by atoms with Gasteiger partial charge in [0.25, 0.3) is 15.9 Å². The van der Waals surface area contributed by atoms with Gasteiger partial charge in [0.2, 0.25) is 0 Å². The second kappa shape index (κ2) is 13.8. The van der Waals surface area contributed by atoms with Crippen LogP contribution in [0.15, 0.2) is 82.8 Å². The number of amides is 1. The molecule has 1 N–H and O–H groups in total. The zero-order valence-corrected chi connectivity index (χ0v) is 24.6. The Morgan fingerprint density at radius 3 is 2.07 bits per heavy atom. The van der Waals surface area contributed by atoms with Gasteiger partial charge in [0.15, 0.2) is 6.61 Å². The summed E-state index contributed by atoms with van der Waals surface area (Å²) in [6.45, 7) is 8.79. The Morgan fingerprint density at radius 2 is 1.49 bits per heavy atom. The van der Waals surface area contributed by atoms with Crippen LogP contribution in [0.2, 0.25) is 0 Å². The van der Waals surface area contributed by atoms with E-state index in [1.165, 1.54) is 18.3 Å². The van der Waals surface area contributed by atoms with Crippen LogP contribution < -0.4 is 19.2 Å². The number of carbonyl (C=O) groups is 2. The highest BCUT2D eigenvalue weighted by Crippen LogP contribution is 2.25. The van der Waals surface area contributed by atoms with Gasteiger partial charge < -0.3 is 14.2 Å². The van der Waals surface area contributed by atoms with E-state index in [4.69, 9.17) is 14.2 Å². The van der Waals surface area contributed by atoms with Crippen molar-refractivity contribution in [3.05, 3.63) is 83.9 Å². The van der Waals surface area contributed by atoms with Gasteiger partial charge in [-0.1, -0.05) is 17.7 Å². The number of carbonyl (C=O) groups excluding carboxylic acids is 2. The van der Waals surface area contributed by atoms with Crippen LogP contribution in [-0.2, 0) is 24.3 Å². The summed E-state index contributed by atoms with van der Waals surface area (Å²) in [6.07, 6.45) is 1.41. The minimum Gasteiger partial charge on any atom is -0.494 e. The number of hydrazone groups is 1. The molecule has 41 heavy (non-hydrogen) atoms. The Morgan fingerprint density at radius 1 is 0.902 bits per heavy atom. The largest absolute Gasteiger partial charge is 0.494 e. The van der Waals surface area contributed by atoms with Crippen LogP contribution in [0.4, 0.5) is 5.69 Å². The number of aryl methyl sites for hydroxylation is 1. The van der Waals surface area contributed by atoms with Gasteiger partial charge in [0.1, 0.15) is 23.6 Å². The van der Waals surface area contributed by atoms with Crippen molar-refractivity contribution in [3.8, 4) is 11.5 Å². The zero-order chi connectivity index (χ0) is 30.0. The average Bonchev–Trinajstić information content (AvgIpc) is 2.91. The molecule has 0 aliphatic heterocycles. The second-order valence-electron chi connectivity index (χ2n) is 9.99. The van der Waals surface area contributed by atoms with Crippen LogP contribution in [0.5, 0.6) is 11.5 Å². The van der Waals surface area contributed by atoms with Crippen molar-refractivity contribution in [1.82, 2.24) is 5.43 Å². The third-order valence-electron chi connectivity index (χ3n) is 5.39. The summed E-state index contributed by atoms with van der Waals surface area (Å²) in [4.78, 5) is 24.6. The monoisotopic (exact) mass is 581 g/mol. The molecule has 0 bridgehead atoms. The number of nitrogens with zero attached hydrogens (tertiary/aromatic N) is 2. The molecule has 0 aromatic heterocycles. The van der Waals surface area contributed by atoms with Gasteiger partial charge in [0, 0.05) is 0 Å². The van der Waals surface area contributed by atoms with E-state index in [0.717, 1.165) is 9.87 Å². The molecule has 10 nitrogen and oxygen atoms in total. The van der Waals surface area contributed by atoms with Crippen molar-refractivity contribution in [2.24, 2.45) is 5.10 Å². The number of hydrogen-bond acceptors (Lipinski definition) is 8. The van der Waals surface area contributed by atoms with Crippen LogP contribution in [0.1, 0.15) is 38.8 Å². The molecule has 11 heteroatoms. The number of rotatable bonds is 12. The number of hydrogen-bond donors (Lipinski definition) is 1. The Balaban J connectivity index is 1.66. The standard InChI is InChI=1S/C30H35N3O7S/c1-6-38-25-15-17-27(18-16-25)41(36,37)33(24-11-7-22(2)8-12-24)20-28(34)32-31-19-23-9-13-26(14-10-23)39-21-29(35)40-30(3,4)5/h7-19H,6,20-21H2,1-5H3,(H,32,34)/b31-19-. The number of ether oxygens (including phenoxy) is 3. The van der Waals surface area contributed by atoms with E-state index < -0.39 is 34.0 Å². The first-order chi connectivity index (χ1) is 19.4. The molecule has 3 aromatic carbocycles. The van der Waals surface area contributed by atoms with Gasteiger partial charge in [-0.15, -0.1) is 0 Å². The predicted octanol–water partition coefficient (Wildman–Crippen LogP) is 4.46. The molecule has 0 atom stereocenters. The molecule has 0 radical (unpaired) electrons. The van der Waals surface area contributed by atoms with Crippen molar-refractivity contribution in [1.29, 1.82) is 0 Å². The molecule has 1 amide bonds. The van der Waals surface area contributed by atoms with E-state index in [0.29, 0.717) is 29.4 Å². The normalized spacial score (nSPS) is 11.6. The van der Waals surface area contributed by atoms with Gasteiger partial charge in [-0.3, -0.25) is 9.10 Å². The lowest BCUT2D eigenvalue weighted by Gasteiger charge is -2.24. The molecule has 0 saturated carbocycles. The first-order valence-electron chi connectivity index (χ1n) is 13.0. The van der Waals surface area contributed by atoms with Gasteiger partial charge in [-0.25, -0.2) is 18.6 Å². The molecule has 3 aromatic rings. The predicted molar refractivity (Wildman–Crippen MR) is 157 cm³/mol. The molecular weight excluding hydrogens is 546 g/mol. The topological polar surface area (TPSA) is 124 Å². The van der Waals surface area contributed by atoms with Crippen LogP contribution in [0, 0.1) is 6.92 Å². The van der Waals surface area contributed by atoms with Crippen molar-refractivity contribution in [3.63, 3.8) is 0 Å². The highest BCUT2D eigenvalue weighted by atomic mass is 32.2. The number of nitrogens with one attached hydrogen (secondary N) is 1. The third kappa shape index (κ3) is 9.64. The first kappa shape index (κ1) is 31.2. The van der Waals surface area contributed by atoms with Crippen molar-refractivity contribution in [2.75, 3.05) is 24.1 Å². The van der Waals surface area contributed by atoms with E-state index >= 15 is 0 Å². The van der Waals surface area contributed by atoms with Crippen LogP contribution >= 0.6 is 0 Å². The van der Waals surface area contributed by atoms with E-state index in [9.17, 15) is 18.0 Å². The first-order valence-corrected chi connectivity index (χ1v) is 14.4. The fraction of sp³-hybridized carbons (Fsp3) is 0.300. The minimum atomic E-state index is -4.08. The Labute approximate surface area is 241 Å². The molecule has 0 aliphatic rings. The second-order valence-corrected chi connectivity index (χ2v) is 11.9. The van der Waals surface area contributed by atoms with Crippen LogP contribution in [0.3, 0.4) is 0 Å². The summed E-state index contributed by atoms with van der Waals surface area (Å²) < 4.78 is 44.2. The zero-order valence-electron chi connectivity index (χ0n) is 23.8. The fourth-order valence-corrected chi connectivity index (χ4v) is 4.96. The summed E-state index contributed by atoms with van der Waals surface area (Å²) in [5, 5.41) is 3.96. The SMILES string of the molecule is CCOc1ccc(S(=O)(=O)N(CC(=O)N/N=C\c2ccc(OCC(=O)OC(C)(C)C)cc2)c2ccc(C)cc2)cc1. The Kier molecular flexibility index (Phi) is 10.5. The molecule has 218 valence electrons. The van der Waals surface area contributed by atoms with Gasteiger partial charge in [0.05, 0.1) is 23.4 Å². The van der Waals surface area contributed by atoms with Crippen LogP contribution in [0.25, 0.3) is 0 Å². The number of esters is 1. The lowest BCUT2D eigenvalue weighted by atomic mass is 10.2. The minimum absolute atomic E-state index is 0.0202. The molecule has 0 saturated heterocycles. The van der Waals surface area contributed by atoms with Gasteiger partial charge in [-0.2, -0.15) is 5.10 Å². The summed E-state index contributed by atoms with van der Waals surface area (Å²) in [7, 11) is -4.08. The van der Waals surface area contributed by atoms with E-state index in [1.807, 2.05) is 13.8 Å². The Hall–Kier alpha value is -4.38. The van der Waals surface area contributed by atoms with E-state index in [1.54, 1.807) is 81.4 Å². The molecular formula is C30H35N3O7S. The van der Waals surface area contributed by atoms with Gasteiger partial charge in [-0.05, 0) is 101 Å².